The number of carboxylic acid groups (broad SMARTS) is 1. The standard InChI is InChI=1S/C27H58O5SSi2/c1-7-13-19-34(20-14-8-2,21-15-9-3)25-27(26(28)29,33(30,31)32)35(22-16-10-4,23-17-11-5)24-18-12-6/h7-25H2,1-6H3,(H,28,29)(H,30,31,32). The van der Waals surface area contributed by atoms with E-state index in [0.29, 0.717) is 18.1 Å². The van der Waals surface area contributed by atoms with Gasteiger partial charge in [0.05, 0.1) is 16.1 Å². The van der Waals surface area contributed by atoms with Gasteiger partial charge in [-0.05, 0) is 6.04 Å². The fourth-order valence-electron chi connectivity index (χ4n) is 6.31. The lowest BCUT2D eigenvalue weighted by Gasteiger charge is -2.49. The van der Waals surface area contributed by atoms with Crippen LogP contribution in [0.3, 0.4) is 0 Å². The highest BCUT2D eigenvalue weighted by Gasteiger charge is 2.67. The fourth-order valence-corrected chi connectivity index (χ4v) is 25.2. The third-order valence-electron chi connectivity index (χ3n) is 8.48. The Morgan fingerprint density at radius 2 is 0.914 bits per heavy atom. The molecule has 0 aliphatic rings. The molecule has 0 radical (unpaired) electrons. The summed E-state index contributed by atoms with van der Waals surface area (Å²) in [4.78, 5) is 13.4. The summed E-state index contributed by atoms with van der Waals surface area (Å²) >= 11 is 0. The Balaban J connectivity index is 7.27. The van der Waals surface area contributed by atoms with Gasteiger partial charge in [0.15, 0.2) is 4.37 Å². The number of hydrogen-bond donors (Lipinski definition) is 2. The van der Waals surface area contributed by atoms with Crippen LogP contribution in [0.5, 0.6) is 0 Å². The van der Waals surface area contributed by atoms with Crippen molar-refractivity contribution in [3.8, 4) is 0 Å². The van der Waals surface area contributed by atoms with Crippen molar-refractivity contribution in [2.75, 3.05) is 0 Å². The van der Waals surface area contributed by atoms with E-state index in [1.807, 2.05) is 0 Å². The van der Waals surface area contributed by atoms with Gasteiger partial charge in [0.2, 0.25) is 0 Å². The van der Waals surface area contributed by atoms with Crippen LogP contribution in [0.4, 0.5) is 0 Å². The summed E-state index contributed by atoms with van der Waals surface area (Å²) in [5, 5.41) is 11.0. The van der Waals surface area contributed by atoms with E-state index >= 15 is 0 Å². The first kappa shape index (κ1) is 34.8. The molecule has 2 N–H and O–H groups in total. The van der Waals surface area contributed by atoms with Gasteiger partial charge in [0.25, 0.3) is 10.1 Å². The van der Waals surface area contributed by atoms with E-state index in [0.717, 1.165) is 95.2 Å². The van der Waals surface area contributed by atoms with Crippen molar-refractivity contribution < 1.29 is 22.9 Å². The van der Waals surface area contributed by atoms with E-state index in [-0.39, 0.29) is 6.04 Å². The molecule has 210 valence electrons. The second-order valence-electron chi connectivity index (χ2n) is 11.2. The van der Waals surface area contributed by atoms with Gasteiger partial charge in [-0.3, -0.25) is 9.35 Å². The van der Waals surface area contributed by atoms with E-state index < -0.39 is 36.6 Å². The predicted molar refractivity (Wildman–Crippen MR) is 157 cm³/mol. The largest absolute Gasteiger partial charge is 0.480 e. The molecule has 0 aromatic rings. The van der Waals surface area contributed by atoms with Crippen molar-refractivity contribution in [1.82, 2.24) is 0 Å². The minimum Gasteiger partial charge on any atom is -0.480 e. The zero-order valence-electron chi connectivity index (χ0n) is 24.0. The lowest BCUT2D eigenvalue weighted by Crippen LogP contribution is -2.69. The predicted octanol–water partition coefficient (Wildman–Crippen LogP) is 8.94. The molecule has 0 heterocycles. The summed E-state index contributed by atoms with van der Waals surface area (Å²) in [7, 11) is -10.0. The number of carbonyl (C=O) groups is 1. The van der Waals surface area contributed by atoms with Crippen molar-refractivity contribution in [3.05, 3.63) is 0 Å². The molecule has 5 nitrogen and oxygen atoms in total. The molecule has 0 fully saturated rings. The Labute approximate surface area is 220 Å². The van der Waals surface area contributed by atoms with Gasteiger partial charge in [-0.25, -0.2) is 0 Å². The molecule has 0 aromatic heterocycles. The van der Waals surface area contributed by atoms with Crippen LogP contribution in [0.25, 0.3) is 0 Å². The van der Waals surface area contributed by atoms with Crippen molar-refractivity contribution in [1.29, 1.82) is 0 Å². The van der Waals surface area contributed by atoms with E-state index in [9.17, 15) is 22.9 Å². The SMILES string of the molecule is CCCC[Si](CCCC)(CCCC)CC(C(=O)O)([Si](CCCC)(CCCC)CCCC)S(=O)(=O)O. The third-order valence-corrected chi connectivity index (χ3v) is 23.9. The van der Waals surface area contributed by atoms with Gasteiger partial charge < -0.3 is 5.11 Å². The highest BCUT2D eigenvalue weighted by molar-refractivity contribution is 7.90. The molecule has 0 rings (SSSR count). The monoisotopic (exact) mass is 550 g/mol. The highest BCUT2D eigenvalue weighted by atomic mass is 32.2. The van der Waals surface area contributed by atoms with E-state index in [4.69, 9.17) is 0 Å². The Bertz CT molecular complexity index is 640. The molecule has 0 saturated heterocycles. The number of unbranched alkanes of at least 4 members (excludes halogenated alkanes) is 6. The molecule has 0 amide bonds. The number of rotatable bonds is 23. The van der Waals surface area contributed by atoms with Gasteiger partial charge >= 0.3 is 5.97 Å². The first-order valence-corrected chi connectivity index (χ1v) is 21.6. The van der Waals surface area contributed by atoms with Crippen LogP contribution in [0.2, 0.25) is 42.3 Å². The average Bonchev–Trinajstić information content (AvgIpc) is 2.82. The van der Waals surface area contributed by atoms with E-state index in [1.165, 1.54) is 0 Å². The summed E-state index contributed by atoms with van der Waals surface area (Å²) in [5.74, 6) is -1.24. The molecule has 1 unspecified atom stereocenters. The van der Waals surface area contributed by atoms with Crippen molar-refractivity contribution >= 4 is 32.2 Å². The molecule has 35 heavy (non-hydrogen) atoms. The summed E-state index contributed by atoms with van der Waals surface area (Å²) in [6, 6.07) is 5.24. The Morgan fingerprint density at radius 1 is 0.629 bits per heavy atom. The summed E-state index contributed by atoms with van der Waals surface area (Å²) < 4.78 is 36.2. The van der Waals surface area contributed by atoms with Crippen LogP contribution in [0.15, 0.2) is 0 Å². The normalized spacial score (nSPS) is 14.7. The zero-order chi connectivity index (χ0) is 27.0. The summed E-state index contributed by atoms with van der Waals surface area (Å²) in [6.07, 6.45) is 11.4. The van der Waals surface area contributed by atoms with Crippen LogP contribution >= 0.6 is 0 Å². The van der Waals surface area contributed by atoms with Crippen molar-refractivity contribution in [2.45, 2.75) is 165 Å². The summed E-state index contributed by atoms with van der Waals surface area (Å²) in [5.41, 5.74) is 0. The number of aliphatic carboxylic acids is 1. The molecule has 1 atom stereocenters. The maximum atomic E-state index is 13.6. The van der Waals surface area contributed by atoms with Crippen molar-refractivity contribution in [2.24, 2.45) is 0 Å². The third kappa shape index (κ3) is 9.57. The first-order valence-electron chi connectivity index (χ1n) is 14.7. The first-order chi connectivity index (χ1) is 16.5. The lowest BCUT2D eigenvalue weighted by molar-refractivity contribution is -0.137. The average molecular weight is 551 g/mol. The van der Waals surface area contributed by atoms with Crippen LogP contribution in [-0.2, 0) is 14.9 Å². The lowest BCUT2D eigenvalue weighted by atomic mass is 10.4. The van der Waals surface area contributed by atoms with E-state index in [1.54, 1.807) is 0 Å². The maximum absolute atomic E-state index is 13.6. The van der Waals surface area contributed by atoms with Gasteiger partial charge in [-0.2, -0.15) is 8.42 Å². The van der Waals surface area contributed by atoms with Crippen LogP contribution in [-0.4, -0.2) is 44.6 Å². The van der Waals surface area contributed by atoms with Gasteiger partial charge in [-0.1, -0.05) is 155 Å². The smallest absolute Gasteiger partial charge is 0.324 e. The second-order valence-corrected chi connectivity index (χ2v) is 23.0. The van der Waals surface area contributed by atoms with Crippen molar-refractivity contribution in [3.63, 3.8) is 0 Å². The number of carboxylic acids is 1. The molecule has 0 spiro atoms. The second kappa shape index (κ2) is 17.3. The van der Waals surface area contributed by atoms with Crippen LogP contribution < -0.4 is 0 Å². The molecule has 0 aromatic carbocycles. The summed E-state index contributed by atoms with van der Waals surface area (Å²) in [6.45, 7) is 12.8. The minimum atomic E-state index is -4.79. The topological polar surface area (TPSA) is 91.7 Å². The Hall–Kier alpha value is -0.186. The van der Waals surface area contributed by atoms with Crippen LogP contribution in [0, 0.1) is 0 Å². The molecule has 0 aliphatic heterocycles. The minimum absolute atomic E-state index is 0.234. The molecule has 0 saturated carbocycles. The number of hydrogen-bond acceptors (Lipinski definition) is 3. The quantitative estimate of drug-likeness (QED) is 0.0978. The van der Waals surface area contributed by atoms with E-state index in [2.05, 4.69) is 41.5 Å². The molecule has 0 bridgehead atoms. The molecule has 8 heteroatoms. The molecular formula is C27H58O5SSi2. The molecular weight excluding hydrogens is 493 g/mol. The maximum Gasteiger partial charge on any atom is 0.324 e. The van der Waals surface area contributed by atoms with Gasteiger partial charge in [0, 0.05) is 0 Å². The highest BCUT2D eigenvalue weighted by Crippen LogP contribution is 2.49. The van der Waals surface area contributed by atoms with Gasteiger partial charge in [0.1, 0.15) is 0 Å². The molecule has 0 aliphatic carbocycles. The van der Waals surface area contributed by atoms with Gasteiger partial charge in [-0.15, -0.1) is 0 Å². The zero-order valence-corrected chi connectivity index (χ0v) is 26.8. The fraction of sp³-hybridized carbons (Fsp3) is 0.963. The Kier molecular flexibility index (Phi) is 17.3. The Morgan fingerprint density at radius 3 is 1.14 bits per heavy atom. The van der Waals surface area contributed by atoms with Crippen LogP contribution in [0.1, 0.15) is 119 Å².